The van der Waals surface area contributed by atoms with Gasteiger partial charge in [0.25, 0.3) is 5.91 Å². The lowest BCUT2D eigenvalue weighted by atomic mass is 9.68. The number of nitrogens with zero attached hydrogens (tertiary/aromatic N) is 3. The van der Waals surface area contributed by atoms with Crippen LogP contribution in [0, 0.1) is 11.8 Å². The number of aryl methyl sites for hydroxylation is 1. The van der Waals surface area contributed by atoms with Crippen LogP contribution in [0.2, 0.25) is 0 Å². The lowest BCUT2D eigenvalue weighted by Gasteiger charge is -2.54. The van der Waals surface area contributed by atoms with Gasteiger partial charge in [0.1, 0.15) is 0 Å². The monoisotopic (exact) mass is 389 g/mol. The zero-order valence-electron chi connectivity index (χ0n) is 17.4. The zero-order valence-corrected chi connectivity index (χ0v) is 17.4. The highest BCUT2D eigenvalue weighted by molar-refractivity contribution is 5.98. The Kier molecular flexibility index (Phi) is 4.12. The van der Waals surface area contributed by atoms with Crippen LogP contribution in [0.3, 0.4) is 0 Å². The van der Waals surface area contributed by atoms with Crippen molar-refractivity contribution in [2.75, 3.05) is 19.6 Å². The van der Waals surface area contributed by atoms with Crippen LogP contribution in [-0.2, 0) is 7.05 Å². The molecule has 4 heteroatoms. The molecule has 152 valence electrons. The Bertz CT molecular complexity index is 989. The van der Waals surface area contributed by atoms with E-state index in [1.807, 2.05) is 6.07 Å². The summed E-state index contributed by atoms with van der Waals surface area (Å²) in [5.74, 6) is 1.55. The second-order valence-corrected chi connectivity index (χ2v) is 9.71. The standard InChI is InChI=1S/C25H31N3O/c1-26-12-9-17-7-8-19(15-23(17)26)25(29)28-11-4-5-18-13-20-14-21(24(18)28)16-27-10-3-2-6-22(20)27/h7-9,12-13,15,20-22,24H,2-6,10-11,14,16H2,1H3/t20-,21+,22+,24+/m0/s1. The maximum atomic E-state index is 13.7. The van der Waals surface area contributed by atoms with Crippen molar-refractivity contribution < 1.29 is 4.79 Å². The van der Waals surface area contributed by atoms with Crippen molar-refractivity contribution in [2.24, 2.45) is 18.9 Å². The number of aromatic nitrogens is 1. The number of benzene rings is 1. The Morgan fingerprint density at radius 1 is 1.10 bits per heavy atom. The topological polar surface area (TPSA) is 28.5 Å². The number of hydrogen-bond donors (Lipinski definition) is 0. The van der Waals surface area contributed by atoms with Gasteiger partial charge in [-0.05, 0) is 74.1 Å². The summed E-state index contributed by atoms with van der Waals surface area (Å²) >= 11 is 0. The molecule has 6 rings (SSSR count). The minimum absolute atomic E-state index is 0.225. The van der Waals surface area contributed by atoms with Gasteiger partial charge >= 0.3 is 0 Å². The van der Waals surface area contributed by atoms with Crippen LogP contribution in [0.15, 0.2) is 42.1 Å². The van der Waals surface area contributed by atoms with Gasteiger partial charge in [-0.1, -0.05) is 24.1 Å². The summed E-state index contributed by atoms with van der Waals surface area (Å²) in [6, 6.07) is 9.40. The fourth-order valence-corrected chi connectivity index (χ4v) is 6.76. The van der Waals surface area contributed by atoms with Crippen LogP contribution in [0.5, 0.6) is 0 Å². The third-order valence-corrected chi connectivity index (χ3v) is 8.05. The van der Waals surface area contributed by atoms with Gasteiger partial charge in [-0.3, -0.25) is 9.69 Å². The summed E-state index contributed by atoms with van der Waals surface area (Å²) in [5, 5.41) is 1.20. The second kappa shape index (κ2) is 6.73. The van der Waals surface area contributed by atoms with Crippen molar-refractivity contribution in [3.8, 4) is 0 Å². The van der Waals surface area contributed by atoms with Crippen LogP contribution in [0.1, 0.15) is 48.9 Å². The highest BCUT2D eigenvalue weighted by atomic mass is 16.2. The summed E-state index contributed by atoms with van der Waals surface area (Å²) in [7, 11) is 2.05. The van der Waals surface area contributed by atoms with Crippen molar-refractivity contribution in [3.63, 3.8) is 0 Å². The lowest BCUT2D eigenvalue weighted by molar-refractivity contribution is 0.00148. The minimum atomic E-state index is 0.225. The summed E-state index contributed by atoms with van der Waals surface area (Å²) in [5.41, 5.74) is 3.55. The molecule has 4 aliphatic rings. The Balaban J connectivity index is 1.34. The molecule has 1 aliphatic carbocycles. The van der Waals surface area contributed by atoms with Crippen molar-refractivity contribution in [1.29, 1.82) is 0 Å². The number of carbonyl (C=O) groups excluding carboxylic acids is 1. The summed E-state index contributed by atoms with van der Waals surface area (Å²) < 4.78 is 2.11. The third kappa shape index (κ3) is 2.79. The molecule has 0 unspecified atom stereocenters. The van der Waals surface area contributed by atoms with Crippen LogP contribution < -0.4 is 0 Å². The van der Waals surface area contributed by atoms with E-state index in [9.17, 15) is 4.79 Å². The first-order valence-electron chi connectivity index (χ1n) is 11.5. The number of amides is 1. The van der Waals surface area contributed by atoms with Gasteiger partial charge in [0.05, 0.1) is 6.04 Å². The second-order valence-electron chi connectivity index (χ2n) is 9.71. The van der Waals surface area contributed by atoms with Crippen LogP contribution in [0.25, 0.3) is 10.9 Å². The molecule has 1 aromatic heterocycles. The van der Waals surface area contributed by atoms with E-state index in [4.69, 9.17) is 0 Å². The third-order valence-electron chi connectivity index (χ3n) is 8.05. The van der Waals surface area contributed by atoms with E-state index in [0.29, 0.717) is 12.0 Å². The first kappa shape index (κ1) is 17.8. The molecule has 2 bridgehead atoms. The SMILES string of the molecule is Cn1ccc2ccc(C(=O)N3CCCC4=C[C@H]5C[C@H](CN6CCCC[C@H]56)[C@@H]43)cc21. The zero-order chi connectivity index (χ0) is 19.5. The highest BCUT2D eigenvalue weighted by Gasteiger charge is 2.46. The van der Waals surface area contributed by atoms with E-state index >= 15 is 0 Å². The van der Waals surface area contributed by atoms with Gasteiger partial charge in [-0.15, -0.1) is 0 Å². The Labute approximate surface area is 173 Å². The predicted octanol–water partition coefficient (Wildman–Crippen LogP) is 4.21. The molecule has 0 spiro atoms. The highest BCUT2D eigenvalue weighted by Crippen LogP contribution is 2.45. The lowest BCUT2D eigenvalue weighted by Crippen LogP contribution is -2.60. The average Bonchev–Trinajstić information content (AvgIpc) is 3.13. The van der Waals surface area contributed by atoms with E-state index < -0.39 is 0 Å². The average molecular weight is 390 g/mol. The molecule has 4 nitrogen and oxygen atoms in total. The molecular weight excluding hydrogens is 358 g/mol. The Morgan fingerprint density at radius 2 is 2.03 bits per heavy atom. The van der Waals surface area contributed by atoms with Crippen LogP contribution in [0.4, 0.5) is 0 Å². The van der Waals surface area contributed by atoms with E-state index in [-0.39, 0.29) is 5.91 Å². The molecule has 1 amide bonds. The van der Waals surface area contributed by atoms with E-state index in [2.05, 4.69) is 51.9 Å². The molecule has 2 aromatic rings. The molecule has 1 aromatic carbocycles. The Morgan fingerprint density at radius 3 is 2.97 bits per heavy atom. The molecule has 3 aliphatic heterocycles. The van der Waals surface area contributed by atoms with Crippen molar-refractivity contribution in [1.82, 2.24) is 14.4 Å². The molecule has 3 fully saturated rings. The largest absolute Gasteiger partial charge is 0.351 e. The number of hydrogen-bond acceptors (Lipinski definition) is 2. The molecule has 3 saturated heterocycles. The predicted molar refractivity (Wildman–Crippen MR) is 116 cm³/mol. The van der Waals surface area contributed by atoms with Gasteiger partial charge in [0.15, 0.2) is 0 Å². The van der Waals surface area contributed by atoms with Gasteiger partial charge in [-0.25, -0.2) is 0 Å². The minimum Gasteiger partial charge on any atom is -0.351 e. The van der Waals surface area contributed by atoms with Gasteiger partial charge in [-0.2, -0.15) is 0 Å². The van der Waals surface area contributed by atoms with Crippen molar-refractivity contribution >= 4 is 16.8 Å². The maximum absolute atomic E-state index is 13.7. The Hall–Kier alpha value is -2.07. The van der Waals surface area contributed by atoms with E-state index in [1.54, 1.807) is 5.57 Å². The smallest absolute Gasteiger partial charge is 0.254 e. The number of likely N-dealkylation sites (tertiary alicyclic amines) is 1. The van der Waals surface area contributed by atoms with Gasteiger partial charge in [0.2, 0.25) is 0 Å². The normalized spacial score (nSPS) is 31.9. The quantitative estimate of drug-likeness (QED) is 0.684. The van der Waals surface area contributed by atoms with Crippen molar-refractivity contribution in [3.05, 3.63) is 47.7 Å². The first-order chi connectivity index (χ1) is 14.2. The van der Waals surface area contributed by atoms with Gasteiger partial charge in [0, 0.05) is 43.5 Å². The fourth-order valence-electron chi connectivity index (χ4n) is 6.76. The molecule has 0 saturated carbocycles. The first-order valence-corrected chi connectivity index (χ1v) is 11.5. The number of piperidine rings is 3. The van der Waals surface area contributed by atoms with Crippen LogP contribution in [-0.4, -0.2) is 52.0 Å². The van der Waals surface area contributed by atoms with Gasteiger partial charge < -0.3 is 9.47 Å². The number of rotatable bonds is 1. The van der Waals surface area contributed by atoms with E-state index in [0.717, 1.165) is 36.0 Å². The number of carbonyl (C=O) groups is 1. The van der Waals surface area contributed by atoms with Crippen LogP contribution >= 0.6 is 0 Å². The molecular formula is C25H31N3O. The summed E-state index contributed by atoms with van der Waals surface area (Å²) in [6.45, 7) is 3.34. The molecule has 0 radical (unpaired) electrons. The molecule has 0 N–H and O–H groups in total. The van der Waals surface area contributed by atoms with Crippen molar-refractivity contribution in [2.45, 2.75) is 50.6 Å². The number of fused-ring (bicyclic) bond motifs is 7. The van der Waals surface area contributed by atoms with E-state index in [1.165, 1.54) is 50.6 Å². The molecule has 4 atom stereocenters. The maximum Gasteiger partial charge on any atom is 0.254 e. The fraction of sp³-hybridized carbons (Fsp3) is 0.560. The summed E-state index contributed by atoms with van der Waals surface area (Å²) in [4.78, 5) is 18.6. The molecule has 29 heavy (non-hydrogen) atoms. The molecule has 4 heterocycles. The summed E-state index contributed by atoms with van der Waals surface area (Å²) in [6.07, 6.45) is 12.3.